The SMILES string of the molecule is CC12CC3CC(C)(C1)CC(c1ncc(CN)cn1)(C3)C2. The fourth-order valence-electron chi connectivity index (χ4n) is 6.43. The zero-order chi connectivity index (χ0) is 14.0. The van der Waals surface area contributed by atoms with Crippen molar-refractivity contribution in [2.45, 2.75) is 64.3 Å². The molecule has 4 bridgehead atoms. The highest BCUT2D eigenvalue weighted by molar-refractivity contribution is 5.22. The average Bonchev–Trinajstić information content (AvgIpc) is 2.34. The van der Waals surface area contributed by atoms with Crippen LogP contribution in [0.3, 0.4) is 0 Å². The minimum absolute atomic E-state index is 0.246. The van der Waals surface area contributed by atoms with E-state index in [9.17, 15) is 0 Å². The predicted octanol–water partition coefficient (Wildman–Crippen LogP) is 3.18. The van der Waals surface area contributed by atoms with E-state index in [1.807, 2.05) is 12.4 Å². The van der Waals surface area contributed by atoms with Crippen molar-refractivity contribution in [3.05, 3.63) is 23.8 Å². The average molecular weight is 271 g/mol. The van der Waals surface area contributed by atoms with Crippen molar-refractivity contribution in [1.29, 1.82) is 0 Å². The lowest BCUT2D eigenvalue weighted by Crippen LogP contribution is -2.57. The molecule has 0 aromatic carbocycles. The lowest BCUT2D eigenvalue weighted by atomic mass is 9.40. The van der Waals surface area contributed by atoms with Crippen LogP contribution in [0.15, 0.2) is 12.4 Å². The van der Waals surface area contributed by atoms with Crippen molar-refractivity contribution >= 4 is 0 Å². The Labute approximate surface area is 121 Å². The zero-order valence-corrected chi connectivity index (χ0v) is 12.7. The molecular formula is C17H25N3. The summed E-state index contributed by atoms with van der Waals surface area (Å²) in [5.74, 6) is 1.98. The van der Waals surface area contributed by atoms with Gasteiger partial charge < -0.3 is 5.73 Å². The van der Waals surface area contributed by atoms with Gasteiger partial charge in [0.15, 0.2) is 0 Å². The molecule has 0 saturated heterocycles. The Morgan fingerprint density at radius 1 is 1.05 bits per heavy atom. The second kappa shape index (κ2) is 3.82. The van der Waals surface area contributed by atoms with E-state index >= 15 is 0 Å². The van der Waals surface area contributed by atoms with Crippen LogP contribution in [0.2, 0.25) is 0 Å². The summed E-state index contributed by atoms with van der Waals surface area (Å²) in [7, 11) is 0. The van der Waals surface area contributed by atoms with Crippen LogP contribution in [-0.2, 0) is 12.0 Å². The van der Waals surface area contributed by atoms with Crippen molar-refractivity contribution < 1.29 is 0 Å². The summed E-state index contributed by atoms with van der Waals surface area (Å²) in [4.78, 5) is 9.42. The normalized spacial score (nSPS) is 45.9. The smallest absolute Gasteiger partial charge is 0.134 e. The number of hydrogen-bond donors (Lipinski definition) is 1. The van der Waals surface area contributed by atoms with Crippen LogP contribution in [0.4, 0.5) is 0 Å². The van der Waals surface area contributed by atoms with E-state index in [4.69, 9.17) is 15.7 Å². The first-order valence-electron chi connectivity index (χ1n) is 7.96. The summed E-state index contributed by atoms with van der Waals surface area (Å²) in [6.45, 7) is 5.53. The summed E-state index contributed by atoms with van der Waals surface area (Å²) in [5.41, 5.74) is 7.99. The first-order valence-corrected chi connectivity index (χ1v) is 7.96. The Balaban J connectivity index is 1.76. The van der Waals surface area contributed by atoms with Gasteiger partial charge in [-0.25, -0.2) is 9.97 Å². The molecule has 0 amide bonds. The Hall–Kier alpha value is -0.960. The molecule has 1 aromatic rings. The fraction of sp³-hybridized carbons (Fsp3) is 0.765. The molecule has 5 rings (SSSR count). The fourth-order valence-corrected chi connectivity index (χ4v) is 6.43. The van der Waals surface area contributed by atoms with Crippen molar-refractivity contribution in [3.63, 3.8) is 0 Å². The topological polar surface area (TPSA) is 51.8 Å². The van der Waals surface area contributed by atoms with Crippen LogP contribution in [0.1, 0.15) is 63.8 Å². The van der Waals surface area contributed by atoms with E-state index in [-0.39, 0.29) is 5.41 Å². The maximum Gasteiger partial charge on any atom is 0.134 e. The van der Waals surface area contributed by atoms with E-state index in [1.54, 1.807) is 0 Å². The van der Waals surface area contributed by atoms with Crippen molar-refractivity contribution in [2.75, 3.05) is 0 Å². The quantitative estimate of drug-likeness (QED) is 0.898. The first-order chi connectivity index (χ1) is 9.44. The van der Waals surface area contributed by atoms with E-state index < -0.39 is 0 Å². The van der Waals surface area contributed by atoms with E-state index in [1.165, 1.54) is 38.5 Å². The lowest BCUT2D eigenvalue weighted by Gasteiger charge is -2.64. The van der Waals surface area contributed by atoms with Crippen LogP contribution >= 0.6 is 0 Å². The van der Waals surface area contributed by atoms with Gasteiger partial charge >= 0.3 is 0 Å². The lowest BCUT2D eigenvalue weighted by molar-refractivity contribution is -0.112. The Kier molecular flexibility index (Phi) is 2.44. The third-order valence-corrected chi connectivity index (χ3v) is 6.04. The highest BCUT2D eigenvalue weighted by Gasteiger charge is 2.61. The minimum atomic E-state index is 0.246. The number of aromatic nitrogens is 2. The van der Waals surface area contributed by atoms with Crippen LogP contribution in [0, 0.1) is 16.7 Å². The summed E-state index contributed by atoms with van der Waals surface area (Å²) in [6.07, 6.45) is 12.0. The van der Waals surface area contributed by atoms with Gasteiger partial charge in [-0.3, -0.25) is 0 Å². The number of hydrogen-bond acceptors (Lipinski definition) is 3. The molecule has 4 fully saturated rings. The Morgan fingerprint density at radius 3 is 2.15 bits per heavy atom. The van der Waals surface area contributed by atoms with Gasteiger partial charge in [0.1, 0.15) is 5.82 Å². The van der Waals surface area contributed by atoms with Crippen LogP contribution in [0.5, 0.6) is 0 Å². The molecule has 3 heteroatoms. The standard InChI is InChI=1S/C17H25N3/c1-15-3-12-4-16(2,9-15)11-17(5-12,10-15)14-19-7-13(6-18)8-20-14/h7-8,12H,3-6,9-11,18H2,1-2H3. The molecular weight excluding hydrogens is 246 g/mol. The molecule has 1 aromatic heterocycles. The summed E-state index contributed by atoms with van der Waals surface area (Å²) < 4.78 is 0. The van der Waals surface area contributed by atoms with E-state index in [2.05, 4.69) is 13.8 Å². The molecule has 0 radical (unpaired) electrons. The monoisotopic (exact) mass is 271 g/mol. The maximum atomic E-state index is 5.67. The maximum absolute atomic E-state index is 5.67. The molecule has 0 aliphatic heterocycles. The van der Waals surface area contributed by atoms with Gasteiger partial charge in [-0.2, -0.15) is 0 Å². The highest BCUT2D eigenvalue weighted by atomic mass is 14.9. The molecule has 4 aliphatic rings. The molecule has 2 atom stereocenters. The number of nitrogens with zero attached hydrogens (tertiary/aromatic N) is 2. The van der Waals surface area contributed by atoms with Gasteiger partial charge in [0.05, 0.1) is 0 Å². The molecule has 2 unspecified atom stereocenters. The number of nitrogens with two attached hydrogens (primary N) is 1. The van der Waals surface area contributed by atoms with E-state index in [0.29, 0.717) is 17.4 Å². The first kappa shape index (κ1) is 12.8. The second-order valence-corrected chi connectivity index (χ2v) is 8.53. The predicted molar refractivity (Wildman–Crippen MR) is 79.0 cm³/mol. The molecule has 0 spiro atoms. The van der Waals surface area contributed by atoms with Crippen LogP contribution in [-0.4, -0.2) is 9.97 Å². The van der Waals surface area contributed by atoms with Gasteiger partial charge in [0.2, 0.25) is 0 Å². The molecule has 1 heterocycles. The van der Waals surface area contributed by atoms with Gasteiger partial charge in [-0.15, -0.1) is 0 Å². The molecule has 4 saturated carbocycles. The third-order valence-electron chi connectivity index (χ3n) is 6.04. The summed E-state index contributed by atoms with van der Waals surface area (Å²) in [6, 6.07) is 0. The van der Waals surface area contributed by atoms with Gasteiger partial charge in [-0.1, -0.05) is 13.8 Å². The van der Waals surface area contributed by atoms with E-state index in [0.717, 1.165) is 17.3 Å². The number of rotatable bonds is 2. The van der Waals surface area contributed by atoms with Gasteiger partial charge in [0, 0.05) is 29.9 Å². The van der Waals surface area contributed by atoms with Crippen LogP contribution < -0.4 is 5.73 Å². The summed E-state index contributed by atoms with van der Waals surface area (Å²) >= 11 is 0. The molecule has 3 nitrogen and oxygen atoms in total. The van der Waals surface area contributed by atoms with Crippen molar-refractivity contribution in [2.24, 2.45) is 22.5 Å². The molecule has 20 heavy (non-hydrogen) atoms. The highest BCUT2D eigenvalue weighted by Crippen LogP contribution is 2.69. The van der Waals surface area contributed by atoms with Gasteiger partial charge in [0.25, 0.3) is 0 Å². The minimum Gasteiger partial charge on any atom is -0.326 e. The van der Waals surface area contributed by atoms with Gasteiger partial charge in [-0.05, 0) is 55.3 Å². The molecule has 4 aliphatic carbocycles. The third kappa shape index (κ3) is 1.75. The largest absolute Gasteiger partial charge is 0.326 e. The Bertz CT molecular complexity index is 518. The second-order valence-electron chi connectivity index (χ2n) is 8.53. The molecule has 2 N–H and O–H groups in total. The Morgan fingerprint density at radius 2 is 1.65 bits per heavy atom. The van der Waals surface area contributed by atoms with Crippen LogP contribution in [0.25, 0.3) is 0 Å². The van der Waals surface area contributed by atoms with Crippen molar-refractivity contribution in [3.8, 4) is 0 Å². The molecule has 108 valence electrons. The zero-order valence-electron chi connectivity index (χ0n) is 12.7. The summed E-state index contributed by atoms with van der Waals surface area (Å²) in [5, 5.41) is 0. The van der Waals surface area contributed by atoms with Crippen molar-refractivity contribution in [1.82, 2.24) is 9.97 Å².